The first-order chi connectivity index (χ1) is 8.45. The summed E-state index contributed by atoms with van der Waals surface area (Å²) in [5.41, 5.74) is 1.63. The van der Waals surface area contributed by atoms with E-state index in [-0.39, 0.29) is 11.8 Å². The Labute approximate surface area is 120 Å². The molecule has 1 amide bonds. The van der Waals surface area contributed by atoms with Crippen LogP contribution in [0.3, 0.4) is 0 Å². The van der Waals surface area contributed by atoms with Crippen molar-refractivity contribution in [3.8, 4) is 0 Å². The van der Waals surface area contributed by atoms with Gasteiger partial charge in [0.2, 0.25) is 5.91 Å². The van der Waals surface area contributed by atoms with Crippen molar-refractivity contribution in [1.82, 2.24) is 4.90 Å². The zero-order valence-electron chi connectivity index (χ0n) is 9.66. The third-order valence-corrected chi connectivity index (χ3v) is 4.00. The molecule has 0 fully saturated rings. The quantitative estimate of drug-likeness (QED) is 0.853. The monoisotopic (exact) mass is 307 g/mol. The van der Waals surface area contributed by atoms with Gasteiger partial charge in [0.15, 0.2) is 0 Å². The number of aliphatic hydroxyl groups excluding tert-OH is 1. The second-order valence-electron chi connectivity index (χ2n) is 4.31. The lowest BCUT2D eigenvalue weighted by Gasteiger charge is -2.27. The van der Waals surface area contributed by atoms with Gasteiger partial charge in [-0.05, 0) is 23.3 Å². The molecule has 2 unspecified atom stereocenters. The second kappa shape index (κ2) is 5.25. The smallest absolute Gasteiger partial charge is 0.237 e. The number of nitrogens with zero attached hydrogens (tertiary/aromatic N) is 1. The Morgan fingerprint density at radius 1 is 1.50 bits per heavy atom. The van der Waals surface area contributed by atoms with Gasteiger partial charge in [-0.2, -0.15) is 0 Å². The Balaban J connectivity index is 2.44. The van der Waals surface area contributed by atoms with Crippen LogP contribution in [0.4, 0.5) is 0 Å². The Morgan fingerprint density at radius 2 is 2.17 bits per heavy atom. The Hall–Kier alpha value is -0.480. The molecule has 1 aromatic carbocycles. The minimum absolute atomic E-state index is 0.122. The van der Waals surface area contributed by atoms with E-state index < -0.39 is 12.1 Å². The zero-order valence-corrected chi connectivity index (χ0v) is 11.9. The summed E-state index contributed by atoms with van der Waals surface area (Å²) in [6.07, 6.45) is -0.274. The number of carbonyl (C=O) groups is 1. The number of hydrogen-bond acceptors (Lipinski definition) is 2. The SMILES string of the molecule is CN(C(=O)CCl)C1c2cc(Cl)cc(Cl)c2CC1O. The van der Waals surface area contributed by atoms with Gasteiger partial charge in [-0.1, -0.05) is 23.2 Å². The molecule has 0 saturated heterocycles. The van der Waals surface area contributed by atoms with Crippen LogP contribution in [0.15, 0.2) is 12.1 Å². The van der Waals surface area contributed by atoms with Gasteiger partial charge >= 0.3 is 0 Å². The first kappa shape index (κ1) is 13.9. The lowest BCUT2D eigenvalue weighted by molar-refractivity contribution is -0.131. The summed E-state index contributed by atoms with van der Waals surface area (Å²) in [6.45, 7) is 0. The molecule has 18 heavy (non-hydrogen) atoms. The number of amides is 1. The molecule has 6 heteroatoms. The fourth-order valence-corrected chi connectivity index (χ4v) is 3.12. The first-order valence-electron chi connectivity index (χ1n) is 5.43. The van der Waals surface area contributed by atoms with E-state index in [1.165, 1.54) is 4.90 Å². The van der Waals surface area contributed by atoms with E-state index >= 15 is 0 Å². The van der Waals surface area contributed by atoms with E-state index in [0.29, 0.717) is 16.5 Å². The van der Waals surface area contributed by atoms with Gasteiger partial charge in [0.25, 0.3) is 0 Å². The van der Waals surface area contributed by atoms with Crippen LogP contribution in [0, 0.1) is 0 Å². The van der Waals surface area contributed by atoms with Crippen molar-refractivity contribution in [2.24, 2.45) is 0 Å². The number of hydrogen-bond donors (Lipinski definition) is 1. The van der Waals surface area contributed by atoms with Gasteiger partial charge in [-0.25, -0.2) is 0 Å². The van der Waals surface area contributed by atoms with Crippen LogP contribution in [0.5, 0.6) is 0 Å². The lowest BCUT2D eigenvalue weighted by Crippen LogP contribution is -2.36. The van der Waals surface area contributed by atoms with Crippen LogP contribution >= 0.6 is 34.8 Å². The predicted molar refractivity (Wildman–Crippen MR) is 72.4 cm³/mol. The summed E-state index contributed by atoms with van der Waals surface area (Å²) in [4.78, 5) is 13.1. The van der Waals surface area contributed by atoms with Gasteiger partial charge in [0, 0.05) is 23.5 Å². The molecule has 0 aromatic heterocycles. The fourth-order valence-electron chi connectivity index (χ4n) is 2.35. The molecule has 3 nitrogen and oxygen atoms in total. The summed E-state index contributed by atoms with van der Waals surface area (Å²) in [7, 11) is 1.61. The average molecular weight is 309 g/mol. The third kappa shape index (κ3) is 2.32. The van der Waals surface area contributed by atoms with Crippen molar-refractivity contribution in [3.05, 3.63) is 33.3 Å². The number of rotatable bonds is 2. The van der Waals surface area contributed by atoms with Crippen LogP contribution in [-0.2, 0) is 11.2 Å². The van der Waals surface area contributed by atoms with Gasteiger partial charge in [0.05, 0.1) is 12.1 Å². The molecule has 2 rings (SSSR count). The summed E-state index contributed by atoms with van der Waals surface area (Å²) in [5, 5.41) is 11.1. The highest BCUT2D eigenvalue weighted by molar-refractivity contribution is 6.35. The molecule has 0 radical (unpaired) electrons. The molecular weight excluding hydrogens is 296 g/mol. The molecular formula is C12H12Cl3NO2. The van der Waals surface area contributed by atoms with E-state index in [0.717, 1.165) is 11.1 Å². The third-order valence-electron chi connectivity index (χ3n) is 3.22. The summed E-state index contributed by atoms with van der Waals surface area (Å²) in [6, 6.07) is 2.93. The second-order valence-corrected chi connectivity index (χ2v) is 5.42. The minimum Gasteiger partial charge on any atom is -0.390 e. The number of carbonyl (C=O) groups excluding carboxylic acids is 1. The van der Waals surface area contributed by atoms with E-state index in [2.05, 4.69) is 0 Å². The highest BCUT2D eigenvalue weighted by Crippen LogP contribution is 2.40. The van der Waals surface area contributed by atoms with Gasteiger partial charge < -0.3 is 10.0 Å². The van der Waals surface area contributed by atoms with Crippen molar-refractivity contribution in [2.45, 2.75) is 18.6 Å². The van der Waals surface area contributed by atoms with Crippen LogP contribution in [-0.4, -0.2) is 34.9 Å². The maximum Gasteiger partial charge on any atom is 0.237 e. The molecule has 0 bridgehead atoms. The topological polar surface area (TPSA) is 40.5 Å². The molecule has 1 N–H and O–H groups in total. The van der Waals surface area contributed by atoms with Crippen molar-refractivity contribution in [1.29, 1.82) is 0 Å². The maximum absolute atomic E-state index is 11.6. The number of fused-ring (bicyclic) bond motifs is 1. The Morgan fingerprint density at radius 3 is 2.78 bits per heavy atom. The van der Waals surface area contributed by atoms with Crippen molar-refractivity contribution in [2.75, 3.05) is 12.9 Å². The van der Waals surface area contributed by atoms with E-state index in [4.69, 9.17) is 34.8 Å². The van der Waals surface area contributed by atoms with Crippen LogP contribution in [0.1, 0.15) is 17.2 Å². The lowest BCUT2D eigenvalue weighted by atomic mass is 10.1. The van der Waals surface area contributed by atoms with E-state index in [9.17, 15) is 9.90 Å². The maximum atomic E-state index is 11.6. The van der Waals surface area contributed by atoms with Crippen molar-refractivity contribution in [3.63, 3.8) is 0 Å². The highest BCUT2D eigenvalue weighted by Gasteiger charge is 2.37. The summed E-state index contributed by atoms with van der Waals surface area (Å²) < 4.78 is 0. The zero-order chi connectivity index (χ0) is 13.4. The van der Waals surface area contributed by atoms with Crippen LogP contribution in [0.25, 0.3) is 0 Å². The minimum atomic E-state index is -0.687. The van der Waals surface area contributed by atoms with Gasteiger partial charge in [0.1, 0.15) is 5.88 Å². The molecule has 0 aliphatic heterocycles. The summed E-state index contributed by atoms with van der Waals surface area (Å²) >= 11 is 17.6. The number of alkyl halides is 1. The molecule has 98 valence electrons. The molecule has 0 spiro atoms. The van der Waals surface area contributed by atoms with Gasteiger partial charge in [-0.3, -0.25) is 4.79 Å². The first-order valence-corrected chi connectivity index (χ1v) is 6.72. The van der Waals surface area contributed by atoms with E-state index in [1.807, 2.05) is 0 Å². The molecule has 2 atom stereocenters. The number of halogens is 3. The number of likely N-dealkylation sites (N-methyl/N-ethyl adjacent to an activating group) is 1. The van der Waals surface area contributed by atoms with Crippen molar-refractivity contribution >= 4 is 40.7 Å². The fraction of sp³-hybridized carbons (Fsp3) is 0.417. The van der Waals surface area contributed by atoms with Crippen LogP contribution < -0.4 is 0 Å². The standard InChI is InChI=1S/C12H12Cl3NO2/c1-16(11(18)5-13)12-8-2-6(14)3-9(15)7(8)4-10(12)17/h2-3,10,12,17H,4-5H2,1H3. The molecule has 1 aromatic rings. The number of aliphatic hydroxyl groups is 1. The largest absolute Gasteiger partial charge is 0.390 e. The normalized spacial score (nSPS) is 21.8. The molecule has 1 aliphatic rings. The molecule has 0 heterocycles. The summed E-state index contributed by atoms with van der Waals surface area (Å²) in [5.74, 6) is -0.367. The van der Waals surface area contributed by atoms with E-state index in [1.54, 1.807) is 19.2 Å². The van der Waals surface area contributed by atoms with Crippen molar-refractivity contribution < 1.29 is 9.90 Å². The van der Waals surface area contributed by atoms with Gasteiger partial charge in [-0.15, -0.1) is 11.6 Å². The Kier molecular flexibility index (Phi) is 4.07. The molecule has 1 aliphatic carbocycles. The highest BCUT2D eigenvalue weighted by atomic mass is 35.5. The number of benzene rings is 1. The average Bonchev–Trinajstić information content (AvgIpc) is 2.64. The predicted octanol–water partition coefficient (Wildman–Crippen LogP) is 2.65. The van der Waals surface area contributed by atoms with Crippen LogP contribution in [0.2, 0.25) is 10.0 Å². The molecule has 0 saturated carbocycles. The Bertz CT molecular complexity index is 492.